The molecule has 1 saturated heterocycles. The van der Waals surface area contributed by atoms with Crippen LogP contribution >= 0.6 is 0 Å². The first-order valence-electron chi connectivity index (χ1n) is 5.63. The SMILES string of the molecule is CCB1OCC(C)C(c2ccccc2)O1. The van der Waals surface area contributed by atoms with Gasteiger partial charge in [-0.1, -0.05) is 44.2 Å². The van der Waals surface area contributed by atoms with Crippen molar-refractivity contribution in [2.45, 2.75) is 26.3 Å². The first-order chi connectivity index (χ1) is 7.31. The van der Waals surface area contributed by atoms with Gasteiger partial charge in [0.25, 0.3) is 0 Å². The third kappa shape index (κ3) is 2.41. The maximum absolute atomic E-state index is 5.91. The lowest BCUT2D eigenvalue weighted by Gasteiger charge is -2.33. The molecule has 2 atom stereocenters. The Kier molecular flexibility index (Phi) is 3.44. The Morgan fingerprint density at radius 3 is 2.73 bits per heavy atom. The van der Waals surface area contributed by atoms with Crippen LogP contribution in [0.25, 0.3) is 0 Å². The van der Waals surface area contributed by atoms with Crippen LogP contribution in [0.3, 0.4) is 0 Å². The van der Waals surface area contributed by atoms with Crippen LogP contribution in [-0.2, 0) is 9.31 Å². The van der Waals surface area contributed by atoms with Crippen LogP contribution in [0.1, 0.15) is 25.5 Å². The van der Waals surface area contributed by atoms with E-state index in [1.54, 1.807) is 0 Å². The molecule has 0 aliphatic carbocycles. The van der Waals surface area contributed by atoms with E-state index in [4.69, 9.17) is 9.31 Å². The number of hydrogen-bond donors (Lipinski definition) is 0. The molecule has 0 radical (unpaired) electrons. The summed E-state index contributed by atoms with van der Waals surface area (Å²) < 4.78 is 11.5. The molecule has 0 N–H and O–H groups in total. The summed E-state index contributed by atoms with van der Waals surface area (Å²) in [6, 6.07) is 10.4. The zero-order chi connectivity index (χ0) is 10.7. The molecule has 2 rings (SSSR count). The molecule has 80 valence electrons. The van der Waals surface area contributed by atoms with Crippen molar-refractivity contribution in [1.82, 2.24) is 0 Å². The van der Waals surface area contributed by atoms with E-state index < -0.39 is 0 Å². The van der Waals surface area contributed by atoms with Gasteiger partial charge in [-0.15, -0.1) is 0 Å². The molecular formula is C12H17BO2. The molecule has 1 aliphatic rings. The Morgan fingerprint density at radius 1 is 1.33 bits per heavy atom. The maximum Gasteiger partial charge on any atom is 0.457 e. The second kappa shape index (κ2) is 4.82. The fraction of sp³-hybridized carbons (Fsp3) is 0.500. The summed E-state index contributed by atoms with van der Waals surface area (Å²) in [6.07, 6.45) is 1.10. The molecule has 0 spiro atoms. The zero-order valence-electron chi connectivity index (χ0n) is 9.35. The number of benzene rings is 1. The molecule has 1 aromatic rings. The summed E-state index contributed by atoms with van der Waals surface area (Å²) in [6.45, 7) is 5.05. The van der Waals surface area contributed by atoms with Gasteiger partial charge in [0.1, 0.15) is 0 Å². The van der Waals surface area contributed by atoms with E-state index in [2.05, 4.69) is 38.1 Å². The van der Waals surface area contributed by atoms with Gasteiger partial charge in [-0.3, -0.25) is 0 Å². The van der Waals surface area contributed by atoms with Gasteiger partial charge in [-0.2, -0.15) is 0 Å². The number of hydrogen-bond acceptors (Lipinski definition) is 2. The topological polar surface area (TPSA) is 18.5 Å². The van der Waals surface area contributed by atoms with Crippen molar-refractivity contribution in [3.05, 3.63) is 35.9 Å². The highest BCUT2D eigenvalue weighted by molar-refractivity contribution is 6.44. The van der Waals surface area contributed by atoms with Gasteiger partial charge in [0, 0.05) is 12.5 Å². The highest BCUT2D eigenvalue weighted by Crippen LogP contribution is 2.31. The standard InChI is InChI=1S/C12H17BO2/c1-3-13-14-9-10(2)12(15-13)11-7-5-4-6-8-11/h4-8,10,12H,3,9H2,1-2H3. The lowest BCUT2D eigenvalue weighted by molar-refractivity contribution is 0.0196. The van der Waals surface area contributed by atoms with Crippen molar-refractivity contribution in [3.8, 4) is 0 Å². The first-order valence-corrected chi connectivity index (χ1v) is 5.63. The first kappa shape index (κ1) is 10.7. The van der Waals surface area contributed by atoms with Crippen LogP contribution in [-0.4, -0.2) is 13.7 Å². The van der Waals surface area contributed by atoms with E-state index >= 15 is 0 Å². The summed E-state index contributed by atoms with van der Waals surface area (Å²) >= 11 is 0. The average molecular weight is 204 g/mol. The fourth-order valence-electron chi connectivity index (χ4n) is 1.95. The summed E-state index contributed by atoms with van der Waals surface area (Å²) in [5.41, 5.74) is 1.26. The Bertz CT molecular complexity index is 302. The van der Waals surface area contributed by atoms with Crippen LogP contribution in [0.2, 0.25) is 6.32 Å². The van der Waals surface area contributed by atoms with E-state index in [0.717, 1.165) is 12.9 Å². The molecule has 0 amide bonds. The Labute approximate surface area is 91.7 Å². The predicted molar refractivity (Wildman–Crippen MR) is 61.6 cm³/mol. The molecule has 2 unspecified atom stereocenters. The van der Waals surface area contributed by atoms with Gasteiger partial charge in [-0.25, -0.2) is 0 Å². The molecule has 2 nitrogen and oxygen atoms in total. The summed E-state index contributed by atoms with van der Waals surface area (Å²) in [5, 5.41) is 0. The lowest BCUT2D eigenvalue weighted by Crippen LogP contribution is -2.36. The average Bonchev–Trinajstić information content (AvgIpc) is 2.31. The second-order valence-corrected chi connectivity index (χ2v) is 4.12. The van der Waals surface area contributed by atoms with Crippen molar-refractivity contribution in [3.63, 3.8) is 0 Å². The second-order valence-electron chi connectivity index (χ2n) is 4.12. The minimum absolute atomic E-state index is 0.0357. The highest BCUT2D eigenvalue weighted by Gasteiger charge is 2.32. The molecular weight excluding hydrogens is 187 g/mol. The Morgan fingerprint density at radius 2 is 2.07 bits per heavy atom. The molecule has 1 aromatic carbocycles. The number of rotatable bonds is 2. The van der Waals surface area contributed by atoms with E-state index in [0.29, 0.717) is 5.92 Å². The third-order valence-electron chi connectivity index (χ3n) is 2.82. The molecule has 0 aromatic heterocycles. The molecule has 1 heterocycles. The predicted octanol–water partition coefficient (Wildman–Crippen LogP) is 2.92. The van der Waals surface area contributed by atoms with E-state index in [1.807, 2.05) is 6.07 Å². The van der Waals surface area contributed by atoms with Gasteiger partial charge in [0.05, 0.1) is 6.10 Å². The van der Waals surface area contributed by atoms with Gasteiger partial charge in [0.2, 0.25) is 0 Å². The van der Waals surface area contributed by atoms with Crippen molar-refractivity contribution < 1.29 is 9.31 Å². The van der Waals surface area contributed by atoms with Gasteiger partial charge in [0.15, 0.2) is 0 Å². The van der Waals surface area contributed by atoms with E-state index in [-0.39, 0.29) is 13.2 Å². The Balaban J connectivity index is 2.13. The van der Waals surface area contributed by atoms with Crippen LogP contribution in [0.15, 0.2) is 30.3 Å². The van der Waals surface area contributed by atoms with Crippen molar-refractivity contribution >= 4 is 7.12 Å². The molecule has 0 saturated carbocycles. The molecule has 0 bridgehead atoms. The van der Waals surface area contributed by atoms with Crippen LogP contribution in [0, 0.1) is 5.92 Å². The summed E-state index contributed by atoms with van der Waals surface area (Å²) in [4.78, 5) is 0. The minimum Gasteiger partial charge on any atom is -0.411 e. The fourth-order valence-corrected chi connectivity index (χ4v) is 1.95. The molecule has 1 aliphatic heterocycles. The van der Waals surface area contributed by atoms with E-state index in [1.165, 1.54) is 5.56 Å². The smallest absolute Gasteiger partial charge is 0.411 e. The highest BCUT2D eigenvalue weighted by atomic mass is 16.6. The summed E-state index contributed by atoms with van der Waals surface area (Å²) in [5.74, 6) is 0.426. The maximum atomic E-state index is 5.91. The zero-order valence-corrected chi connectivity index (χ0v) is 9.35. The van der Waals surface area contributed by atoms with E-state index in [9.17, 15) is 0 Å². The van der Waals surface area contributed by atoms with Gasteiger partial charge < -0.3 is 9.31 Å². The minimum atomic E-state index is -0.0357. The lowest BCUT2D eigenvalue weighted by atomic mass is 9.81. The molecule has 15 heavy (non-hydrogen) atoms. The van der Waals surface area contributed by atoms with Crippen molar-refractivity contribution in [2.75, 3.05) is 6.61 Å². The third-order valence-corrected chi connectivity index (χ3v) is 2.82. The quantitative estimate of drug-likeness (QED) is 0.689. The molecule has 3 heteroatoms. The molecule has 1 fully saturated rings. The van der Waals surface area contributed by atoms with Crippen molar-refractivity contribution in [1.29, 1.82) is 0 Å². The normalized spacial score (nSPS) is 26.7. The van der Waals surface area contributed by atoms with Crippen LogP contribution < -0.4 is 0 Å². The largest absolute Gasteiger partial charge is 0.457 e. The Hall–Kier alpha value is -0.795. The van der Waals surface area contributed by atoms with Crippen LogP contribution in [0.5, 0.6) is 0 Å². The van der Waals surface area contributed by atoms with Crippen molar-refractivity contribution in [2.24, 2.45) is 5.92 Å². The van der Waals surface area contributed by atoms with Crippen LogP contribution in [0.4, 0.5) is 0 Å². The summed E-state index contributed by atoms with van der Waals surface area (Å²) in [7, 11) is -0.0357. The monoisotopic (exact) mass is 204 g/mol. The van der Waals surface area contributed by atoms with Gasteiger partial charge in [-0.05, 0) is 11.9 Å². The van der Waals surface area contributed by atoms with Gasteiger partial charge >= 0.3 is 7.12 Å².